The van der Waals surface area contributed by atoms with Gasteiger partial charge in [-0.15, -0.1) is 11.3 Å². The summed E-state index contributed by atoms with van der Waals surface area (Å²) in [5.74, 6) is -0.490. The Morgan fingerprint density at radius 3 is 3.00 bits per heavy atom. The molecule has 104 valence electrons. The molecule has 0 aromatic carbocycles. The van der Waals surface area contributed by atoms with Crippen molar-refractivity contribution in [3.8, 4) is 0 Å². The second kappa shape index (κ2) is 5.20. The minimum absolute atomic E-state index is 0.249. The van der Waals surface area contributed by atoms with Gasteiger partial charge in [-0.1, -0.05) is 0 Å². The van der Waals surface area contributed by atoms with Crippen LogP contribution in [0.2, 0.25) is 0 Å². The lowest BCUT2D eigenvalue weighted by Crippen LogP contribution is -2.10. The fraction of sp³-hybridized carbons (Fsp3) is 0.357. The highest BCUT2D eigenvalue weighted by molar-refractivity contribution is 7.09. The largest absolute Gasteiger partial charge is 0.478 e. The monoisotopic (exact) mass is 289 g/mol. The number of aromatic carboxylic acids is 1. The number of carboxylic acid groups (broad SMARTS) is 1. The number of nitrogens with zero attached hydrogens (tertiary/aromatic N) is 2. The summed E-state index contributed by atoms with van der Waals surface area (Å²) in [5.41, 5.74) is 3.32. The van der Waals surface area contributed by atoms with Crippen molar-refractivity contribution in [3.63, 3.8) is 0 Å². The van der Waals surface area contributed by atoms with E-state index in [0.29, 0.717) is 12.4 Å². The zero-order valence-electron chi connectivity index (χ0n) is 11.1. The molecule has 0 radical (unpaired) electrons. The molecular weight excluding hydrogens is 274 g/mol. The van der Waals surface area contributed by atoms with E-state index in [-0.39, 0.29) is 5.56 Å². The minimum Gasteiger partial charge on any atom is -0.478 e. The van der Waals surface area contributed by atoms with Gasteiger partial charge < -0.3 is 10.4 Å². The summed E-state index contributed by atoms with van der Waals surface area (Å²) in [7, 11) is 0. The Morgan fingerprint density at radius 1 is 1.45 bits per heavy atom. The molecule has 2 heterocycles. The number of aromatic nitrogens is 2. The number of nitrogens with one attached hydrogen (secondary N) is 1. The zero-order chi connectivity index (χ0) is 14.1. The molecular formula is C14H15N3O2S. The van der Waals surface area contributed by atoms with E-state index in [0.717, 1.165) is 41.2 Å². The van der Waals surface area contributed by atoms with E-state index in [1.165, 1.54) is 0 Å². The Balaban J connectivity index is 1.86. The smallest absolute Gasteiger partial charge is 0.339 e. The number of pyridine rings is 1. The maximum Gasteiger partial charge on any atom is 0.339 e. The van der Waals surface area contributed by atoms with Crippen LogP contribution in [0.15, 0.2) is 11.4 Å². The Bertz CT molecular complexity index is 666. The number of anilines is 1. The third kappa shape index (κ3) is 2.51. The topological polar surface area (TPSA) is 75.1 Å². The van der Waals surface area contributed by atoms with E-state index in [1.807, 2.05) is 12.3 Å². The standard InChI is InChI=1S/C14H15N3O2S/c1-8-7-20-12(16-8)6-15-13-10(14(18)19)5-9-3-2-4-11(9)17-13/h5,7H,2-4,6H2,1H3,(H,15,17)(H,18,19). The number of hydrogen-bond acceptors (Lipinski definition) is 5. The Kier molecular flexibility index (Phi) is 3.40. The van der Waals surface area contributed by atoms with E-state index in [9.17, 15) is 9.90 Å². The molecule has 0 spiro atoms. The summed E-state index contributed by atoms with van der Waals surface area (Å²) in [6.45, 7) is 2.45. The second-order valence-corrected chi connectivity index (χ2v) is 5.83. The molecule has 2 aromatic heterocycles. The van der Waals surface area contributed by atoms with Crippen molar-refractivity contribution in [3.05, 3.63) is 39.0 Å². The van der Waals surface area contributed by atoms with E-state index >= 15 is 0 Å². The number of carbonyl (C=O) groups is 1. The maximum atomic E-state index is 11.3. The quantitative estimate of drug-likeness (QED) is 0.905. The second-order valence-electron chi connectivity index (χ2n) is 4.89. The lowest BCUT2D eigenvalue weighted by molar-refractivity contribution is 0.0697. The molecule has 0 atom stereocenters. The lowest BCUT2D eigenvalue weighted by atomic mass is 10.1. The van der Waals surface area contributed by atoms with Crippen LogP contribution in [-0.4, -0.2) is 21.0 Å². The number of rotatable bonds is 4. The van der Waals surface area contributed by atoms with Crippen LogP contribution < -0.4 is 5.32 Å². The normalized spacial score (nSPS) is 13.2. The molecule has 0 aliphatic heterocycles. The highest BCUT2D eigenvalue weighted by Gasteiger charge is 2.19. The molecule has 0 saturated carbocycles. The first-order valence-electron chi connectivity index (χ1n) is 6.54. The van der Waals surface area contributed by atoms with E-state index in [1.54, 1.807) is 17.4 Å². The number of hydrogen-bond donors (Lipinski definition) is 2. The minimum atomic E-state index is -0.940. The Labute approximate surface area is 120 Å². The molecule has 20 heavy (non-hydrogen) atoms. The van der Waals surface area contributed by atoms with Crippen LogP contribution in [0.3, 0.4) is 0 Å². The Hall–Kier alpha value is -1.95. The zero-order valence-corrected chi connectivity index (χ0v) is 12.0. The van der Waals surface area contributed by atoms with Gasteiger partial charge >= 0.3 is 5.97 Å². The lowest BCUT2D eigenvalue weighted by Gasteiger charge is -2.10. The molecule has 0 amide bonds. The summed E-state index contributed by atoms with van der Waals surface area (Å²) >= 11 is 1.56. The van der Waals surface area contributed by atoms with Gasteiger partial charge in [-0.25, -0.2) is 14.8 Å². The molecule has 0 unspecified atom stereocenters. The van der Waals surface area contributed by atoms with Crippen LogP contribution in [-0.2, 0) is 19.4 Å². The predicted molar refractivity (Wildman–Crippen MR) is 77.4 cm³/mol. The molecule has 1 aliphatic carbocycles. The maximum absolute atomic E-state index is 11.3. The third-order valence-corrected chi connectivity index (χ3v) is 4.32. The molecule has 3 rings (SSSR count). The van der Waals surface area contributed by atoms with Crippen molar-refractivity contribution in [2.45, 2.75) is 32.7 Å². The van der Waals surface area contributed by atoms with Crippen molar-refractivity contribution >= 4 is 23.1 Å². The van der Waals surface area contributed by atoms with Gasteiger partial charge in [0.2, 0.25) is 0 Å². The molecule has 1 aliphatic rings. The molecule has 2 aromatic rings. The van der Waals surface area contributed by atoms with Crippen molar-refractivity contribution in [2.24, 2.45) is 0 Å². The SMILES string of the molecule is Cc1csc(CNc2nc3c(cc2C(=O)O)CCC3)n1. The van der Waals surface area contributed by atoms with E-state index < -0.39 is 5.97 Å². The first kappa shape index (κ1) is 13.1. The van der Waals surface area contributed by atoms with E-state index in [2.05, 4.69) is 15.3 Å². The van der Waals surface area contributed by atoms with Crippen LogP contribution in [0.4, 0.5) is 5.82 Å². The number of carboxylic acids is 1. The number of thiazole rings is 1. The highest BCUT2D eigenvalue weighted by atomic mass is 32.1. The fourth-order valence-electron chi connectivity index (χ4n) is 2.41. The van der Waals surface area contributed by atoms with Gasteiger partial charge in [-0.3, -0.25) is 0 Å². The van der Waals surface area contributed by atoms with Crippen LogP contribution in [0.1, 0.15) is 38.7 Å². The van der Waals surface area contributed by atoms with Gasteiger partial charge in [-0.2, -0.15) is 0 Å². The van der Waals surface area contributed by atoms with Gasteiger partial charge in [0.15, 0.2) is 0 Å². The van der Waals surface area contributed by atoms with Crippen molar-refractivity contribution < 1.29 is 9.90 Å². The highest BCUT2D eigenvalue weighted by Crippen LogP contribution is 2.25. The summed E-state index contributed by atoms with van der Waals surface area (Å²) in [5, 5.41) is 15.3. The number of aryl methyl sites for hydroxylation is 3. The van der Waals surface area contributed by atoms with Crippen LogP contribution >= 0.6 is 11.3 Å². The molecule has 0 fully saturated rings. The van der Waals surface area contributed by atoms with Gasteiger partial charge in [-0.05, 0) is 37.8 Å². The van der Waals surface area contributed by atoms with Crippen molar-refractivity contribution in [2.75, 3.05) is 5.32 Å². The Morgan fingerprint density at radius 2 is 2.30 bits per heavy atom. The first-order chi connectivity index (χ1) is 9.63. The molecule has 5 nitrogen and oxygen atoms in total. The molecule has 6 heteroatoms. The van der Waals surface area contributed by atoms with Gasteiger partial charge in [0.1, 0.15) is 16.4 Å². The summed E-state index contributed by atoms with van der Waals surface area (Å²) < 4.78 is 0. The third-order valence-electron chi connectivity index (χ3n) is 3.35. The van der Waals surface area contributed by atoms with Crippen LogP contribution in [0.25, 0.3) is 0 Å². The molecule has 0 saturated heterocycles. The van der Waals surface area contributed by atoms with Crippen LogP contribution in [0, 0.1) is 6.92 Å². The summed E-state index contributed by atoms with van der Waals surface area (Å²) in [6.07, 6.45) is 2.91. The summed E-state index contributed by atoms with van der Waals surface area (Å²) in [6, 6.07) is 1.76. The van der Waals surface area contributed by atoms with Gasteiger partial charge in [0.05, 0.1) is 6.54 Å². The van der Waals surface area contributed by atoms with Gasteiger partial charge in [0, 0.05) is 16.8 Å². The predicted octanol–water partition coefficient (Wildman–Crippen LogP) is 2.65. The van der Waals surface area contributed by atoms with E-state index in [4.69, 9.17) is 0 Å². The molecule has 0 bridgehead atoms. The van der Waals surface area contributed by atoms with Crippen molar-refractivity contribution in [1.29, 1.82) is 0 Å². The first-order valence-corrected chi connectivity index (χ1v) is 7.42. The average Bonchev–Trinajstić information content (AvgIpc) is 3.03. The number of fused-ring (bicyclic) bond motifs is 1. The average molecular weight is 289 g/mol. The van der Waals surface area contributed by atoms with Gasteiger partial charge in [0.25, 0.3) is 0 Å². The van der Waals surface area contributed by atoms with Crippen LogP contribution in [0.5, 0.6) is 0 Å². The van der Waals surface area contributed by atoms with Crippen molar-refractivity contribution in [1.82, 2.24) is 9.97 Å². The summed E-state index contributed by atoms with van der Waals surface area (Å²) in [4.78, 5) is 20.2. The molecule has 2 N–H and O–H groups in total. The fourth-order valence-corrected chi connectivity index (χ4v) is 3.12.